The maximum Gasteiger partial charge on any atom is 0.416 e. The lowest BCUT2D eigenvalue weighted by molar-refractivity contribution is -0.143. The molecule has 3 aromatic carbocycles. The molecule has 11 heteroatoms. The molecule has 3 aromatic rings. The standard InChI is InChI=1S/C30H26F6N2O3/c1-41-26-10-7-20(8-11-26)9-12-27(39)37-13-14-38(25(19-37)15-21-5-3-2-4-6-21)28(40)22-16-23(29(31,32)33)18-24(17-22)30(34,35)36/h2-12,16-18,25H,13-15,19H2,1H3/b12-9+/t25-/m1/s1. The van der Waals surface area contributed by atoms with Gasteiger partial charge in [-0.2, -0.15) is 26.3 Å². The van der Waals surface area contributed by atoms with Crippen molar-refractivity contribution in [2.45, 2.75) is 24.8 Å². The van der Waals surface area contributed by atoms with Crippen LogP contribution in [0, 0.1) is 0 Å². The highest BCUT2D eigenvalue weighted by molar-refractivity contribution is 5.96. The van der Waals surface area contributed by atoms with Crippen molar-refractivity contribution in [2.75, 3.05) is 26.7 Å². The van der Waals surface area contributed by atoms with Gasteiger partial charge < -0.3 is 14.5 Å². The largest absolute Gasteiger partial charge is 0.497 e. The summed E-state index contributed by atoms with van der Waals surface area (Å²) in [4.78, 5) is 29.2. The van der Waals surface area contributed by atoms with Gasteiger partial charge in [0.25, 0.3) is 5.91 Å². The van der Waals surface area contributed by atoms with Gasteiger partial charge >= 0.3 is 12.4 Å². The van der Waals surface area contributed by atoms with Crippen molar-refractivity contribution in [2.24, 2.45) is 0 Å². The lowest BCUT2D eigenvalue weighted by Crippen LogP contribution is -2.57. The van der Waals surface area contributed by atoms with Crippen LogP contribution in [-0.4, -0.2) is 54.4 Å². The molecule has 1 aliphatic heterocycles. The number of hydrogen-bond acceptors (Lipinski definition) is 3. The maximum atomic E-state index is 13.5. The molecule has 5 nitrogen and oxygen atoms in total. The van der Waals surface area contributed by atoms with Crippen LogP contribution < -0.4 is 4.74 Å². The topological polar surface area (TPSA) is 49.9 Å². The number of amides is 2. The maximum absolute atomic E-state index is 13.5. The molecule has 1 fully saturated rings. The number of methoxy groups -OCH3 is 1. The monoisotopic (exact) mass is 576 g/mol. The minimum atomic E-state index is -5.08. The van der Waals surface area contributed by atoms with Gasteiger partial charge in [0, 0.05) is 31.3 Å². The van der Waals surface area contributed by atoms with Gasteiger partial charge in [0.2, 0.25) is 5.91 Å². The van der Waals surface area contributed by atoms with Gasteiger partial charge in [0.15, 0.2) is 0 Å². The zero-order chi connectivity index (χ0) is 29.8. The van der Waals surface area contributed by atoms with Gasteiger partial charge in [0.1, 0.15) is 5.75 Å². The quantitative estimate of drug-likeness (QED) is 0.254. The summed E-state index contributed by atoms with van der Waals surface area (Å²) in [6, 6.07) is 16.1. The third-order valence-corrected chi connectivity index (χ3v) is 6.74. The van der Waals surface area contributed by atoms with Crippen molar-refractivity contribution >= 4 is 17.9 Å². The van der Waals surface area contributed by atoms with E-state index in [2.05, 4.69) is 0 Å². The fourth-order valence-corrected chi connectivity index (χ4v) is 4.62. The predicted molar refractivity (Wildman–Crippen MR) is 140 cm³/mol. The number of piperazine rings is 1. The van der Waals surface area contributed by atoms with Gasteiger partial charge in [-0.15, -0.1) is 0 Å². The smallest absolute Gasteiger partial charge is 0.416 e. The molecule has 0 N–H and O–H groups in total. The van der Waals surface area contributed by atoms with Gasteiger partial charge in [-0.25, -0.2) is 0 Å². The average Bonchev–Trinajstić information content (AvgIpc) is 2.95. The second kappa shape index (κ2) is 12.1. The van der Waals surface area contributed by atoms with Gasteiger partial charge in [-0.05, 0) is 54.0 Å². The molecule has 0 aromatic heterocycles. The number of nitrogens with zero attached hydrogens (tertiary/aromatic N) is 2. The number of rotatable bonds is 6. The molecule has 0 spiro atoms. The SMILES string of the molecule is COc1ccc(/C=C/C(=O)N2CCN(C(=O)c3cc(C(F)(F)F)cc(C(F)(F)F)c3)[C@H](Cc3ccccc3)C2)cc1. The van der Waals surface area contributed by atoms with E-state index in [0.29, 0.717) is 17.9 Å². The van der Waals surface area contributed by atoms with Crippen LogP contribution >= 0.6 is 0 Å². The Morgan fingerprint density at radius 2 is 1.49 bits per heavy atom. The van der Waals surface area contributed by atoms with Gasteiger partial charge in [-0.3, -0.25) is 9.59 Å². The first-order valence-corrected chi connectivity index (χ1v) is 12.6. The Bertz CT molecular complexity index is 1370. The molecular weight excluding hydrogens is 550 g/mol. The summed E-state index contributed by atoms with van der Waals surface area (Å²) in [6.45, 7) is 0.0153. The second-order valence-corrected chi connectivity index (χ2v) is 9.53. The van der Waals surface area contributed by atoms with Crippen LogP contribution in [0.5, 0.6) is 5.75 Å². The lowest BCUT2D eigenvalue weighted by Gasteiger charge is -2.41. The first-order chi connectivity index (χ1) is 19.3. The van der Waals surface area contributed by atoms with E-state index in [9.17, 15) is 35.9 Å². The Morgan fingerprint density at radius 3 is 2.05 bits per heavy atom. The number of carbonyl (C=O) groups excluding carboxylic acids is 2. The lowest BCUT2D eigenvalue weighted by atomic mass is 9.99. The zero-order valence-electron chi connectivity index (χ0n) is 21.9. The summed E-state index contributed by atoms with van der Waals surface area (Å²) < 4.78 is 85.7. The van der Waals surface area contributed by atoms with E-state index in [0.717, 1.165) is 11.1 Å². The van der Waals surface area contributed by atoms with Crippen LogP contribution in [-0.2, 0) is 23.6 Å². The second-order valence-electron chi connectivity index (χ2n) is 9.53. The third kappa shape index (κ3) is 7.47. The predicted octanol–water partition coefficient (Wildman–Crippen LogP) is 6.34. The van der Waals surface area contributed by atoms with Crippen LogP contribution in [0.15, 0.2) is 78.9 Å². The average molecular weight is 577 g/mol. The molecule has 0 radical (unpaired) electrons. The van der Waals surface area contributed by atoms with Crippen LogP contribution in [0.4, 0.5) is 26.3 Å². The summed E-state index contributed by atoms with van der Waals surface area (Å²) >= 11 is 0. The molecule has 1 atom stereocenters. The molecule has 0 bridgehead atoms. The molecule has 216 valence electrons. The molecular formula is C30H26F6N2O3. The van der Waals surface area contributed by atoms with Crippen LogP contribution in [0.3, 0.4) is 0 Å². The van der Waals surface area contributed by atoms with Gasteiger partial charge in [-0.1, -0.05) is 42.5 Å². The fraction of sp³-hybridized carbons (Fsp3) is 0.267. The first kappa shape index (κ1) is 29.7. The minimum absolute atomic E-state index is 0.00993. The Morgan fingerprint density at radius 1 is 0.878 bits per heavy atom. The molecule has 41 heavy (non-hydrogen) atoms. The molecule has 1 saturated heterocycles. The van der Waals surface area contributed by atoms with E-state index in [-0.39, 0.29) is 38.0 Å². The summed E-state index contributed by atoms with van der Waals surface area (Å²) in [5, 5.41) is 0. The highest BCUT2D eigenvalue weighted by atomic mass is 19.4. The van der Waals surface area contributed by atoms with E-state index >= 15 is 0 Å². The number of carbonyl (C=O) groups is 2. The van der Waals surface area contributed by atoms with Crippen molar-refractivity contribution in [3.05, 3.63) is 107 Å². The molecule has 0 aliphatic carbocycles. The van der Waals surface area contributed by atoms with E-state index in [4.69, 9.17) is 4.74 Å². The molecule has 4 rings (SSSR count). The van der Waals surface area contributed by atoms with E-state index in [1.54, 1.807) is 60.7 Å². The first-order valence-electron chi connectivity index (χ1n) is 12.6. The Balaban J connectivity index is 1.60. The normalized spacial score (nSPS) is 16.2. The molecule has 0 saturated carbocycles. The summed E-state index contributed by atoms with van der Waals surface area (Å²) in [7, 11) is 1.53. The summed E-state index contributed by atoms with van der Waals surface area (Å²) in [6.07, 6.45) is -6.93. The van der Waals surface area contributed by atoms with E-state index in [1.165, 1.54) is 23.0 Å². The summed E-state index contributed by atoms with van der Waals surface area (Å²) in [5.41, 5.74) is -2.30. The molecule has 1 aliphatic rings. The fourth-order valence-electron chi connectivity index (χ4n) is 4.62. The van der Waals surface area contributed by atoms with E-state index < -0.39 is 41.0 Å². The zero-order valence-corrected chi connectivity index (χ0v) is 21.9. The molecule has 1 heterocycles. The van der Waals surface area contributed by atoms with Gasteiger partial charge in [0.05, 0.1) is 24.3 Å². The third-order valence-electron chi connectivity index (χ3n) is 6.74. The molecule has 0 unspecified atom stereocenters. The van der Waals surface area contributed by atoms with Crippen LogP contribution in [0.2, 0.25) is 0 Å². The summed E-state index contributed by atoms with van der Waals surface area (Å²) in [5.74, 6) is -0.658. The number of halogens is 6. The highest BCUT2D eigenvalue weighted by Crippen LogP contribution is 2.37. The van der Waals surface area contributed by atoms with Crippen LogP contribution in [0.1, 0.15) is 32.6 Å². The Kier molecular flexibility index (Phi) is 8.74. The van der Waals surface area contributed by atoms with Crippen molar-refractivity contribution in [1.29, 1.82) is 0 Å². The number of hydrogen-bond donors (Lipinski definition) is 0. The van der Waals surface area contributed by atoms with Crippen molar-refractivity contribution in [3.63, 3.8) is 0 Å². The van der Waals surface area contributed by atoms with Crippen LogP contribution in [0.25, 0.3) is 6.08 Å². The van der Waals surface area contributed by atoms with Crippen molar-refractivity contribution in [3.8, 4) is 5.75 Å². The molecule has 2 amide bonds. The number of benzene rings is 3. The highest BCUT2D eigenvalue weighted by Gasteiger charge is 2.39. The Labute approximate surface area is 232 Å². The van der Waals surface area contributed by atoms with Crippen molar-refractivity contribution < 1.29 is 40.7 Å². The Hall–Kier alpha value is -4.28. The number of alkyl halides is 6. The number of ether oxygens (including phenoxy) is 1. The minimum Gasteiger partial charge on any atom is -0.497 e. The van der Waals surface area contributed by atoms with Crippen molar-refractivity contribution in [1.82, 2.24) is 9.80 Å². The van der Waals surface area contributed by atoms with E-state index in [1.807, 2.05) is 0 Å².